The number of hydrogen-bond donors (Lipinski definition) is 3. The Labute approximate surface area is 99.9 Å². The van der Waals surface area contributed by atoms with Gasteiger partial charge in [-0.3, -0.25) is 4.79 Å². The van der Waals surface area contributed by atoms with Crippen molar-refractivity contribution in [1.82, 2.24) is 9.79 Å². The lowest BCUT2D eigenvalue weighted by Gasteiger charge is -2.15. The summed E-state index contributed by atoms with van der Waals surface area (Å²) in [5.41, 5.74) is 7.67. The fourth-order valence-corrected chi connectivity index (χ4v) is 2.63. The third-order valence-corrected chi connectivity index (χ3v) is 3.88. The van der Waals surface area contributed by atoms with Crippen LogP contribution < -0.4 is 11.2 Å². The van der Waals surface area contributed by atoms with E-state index in [4.69, 9.17) is 10.8 Å². The second-order valence-corrected chi connectivity index (χ2v) is 5.38. The summed E-state index contributed by atoms with van der Waals surface area (Å²) in [7, 11) is -3.68. The first kappa shape index (κ1) is 14.3. The van der Waals surface area contributed by atoms with Crippen LogP contribution in [0.1, 0.15) is 26.2 Å². The molecule has 1 saturated heterocycles. The van der Waals surface area contributed by atoms with Gasteiger partial charge in [0.25, 0.3) is 0 Å². The largest absolute Gasteiger partial charge is 0.480 e. The van der Waals surface area contributed by atoms with Crippen molar-refractivity contribution in [3.05, 3.63) is 0 Å². The van der Waals surface area contributed by atoms with E-state index in [1.165, 1.54) is 4.31 Å². The molecule has 0 radical (unpaired) electrons. The van der Waals surface area contributed by atoms with Crippen LogP contribution in [0, 0.1) is 0 Å². The van der Waals surface area contributed by atoms with Crippen LogP contribution in [0.25, 0.3) is 0 Å². The van der Waals surface area contributed by atoms with Crippen LogP contribution in [0.15, 0.2) is 0 Å². The molecule has 0 aromatic heterocycles. The Morgan fingerprint density at radius 2 is 2.24 bits per heavy atom. The van der Waals surface area contributed by atoms with Crippen LogP contribution in [-0.4, -0.2) is 42.6 Å². The molecule has 0 amide bonds. The number of nitrogens with one attached hydrogen (secondary N) is 1. The molecule has 1 unspecified atom stereocenters. The van der Waals surface area contributed by atoms with Gasteiger partial charge in [0.1, 0.15) is 6.04 Å². The highest BCUT2D eigenvalue weighted by molar-refractivity contribution is 7.84. The summed E-state index contributed by atoms with van der Waals surface area (Å²) in [6.45, 7) is 1.94. The molecular weight excluding hydrogens is 250 g/mol. The number of hydrogen-bond acceptors (Lipinski definition) is 6. The van der Waals surface area contributed by atoms with E-state index in [-0.39, 0.29) is 6.54 Å². The lowest BCUT2D eigenvalue weighted by molar-refractivity contribution is -0.138. The van der Waals surface area contributed by atoms with Crippen molar-refractivity contribution < 1.29 is 22.6 Å². The van der Waals surface area contributed by atoms with Crippen LogP contribution in [0.5, 0.6) is 0 Å². The first-order chi connectivity index (χ1) is 7.84. The van der Waals surface area contributed by atoms with Crippen molar-refractivity contribution in [2.75, 3.05) is 6.54 Å². The van der Waals surface area contributed by atoms with Crippen LogP contribution in [0.2, 0.25) is 0 Å². The molecule has 0 saturated carbocycles. The van der Waals surface area contributed by atoms with Gasteiger partial charge >= 0.3 is 16.3 Å². The van der Waals surface area contributed by atoms with Gasteiger partial charge in [-0.15, -0.1) is 0 Å². The van der Waals surface area contributed by atoms with E-state index < -0.39 is 28.5 Å². The van der Waals surface area contributed by atoms with Crippen LogP contribution in [0.4, 0.5) is 0 Å². The maximum atomic E-state index is 11.3. The second kappa shape index (κ2) is 5.74. The van der Waals surface area contributed by atoms with Crippen molar-refractivity contribution in [3.63, 3.8) is 0 Å². The number of aliphatic carboxylic acids is 1. The molecule has 0 aromatic carbocycles. The van der Waals surface area contributed by atoms with Gasteiger partial charge in [0.2, 0.25) is 0 Å². The molecule has 8 nitrogen and oxygen atoms in total. The van der Waals surface area contributed by atoms with Crippen molar-refractivity contribution in [1.29, 1.82) is 0 Å². The zero-order chi connectivity index (χ0) is 13.1. The number of nitrogens with zero attached hydrogens (tertiary/aromatic N) is 1. The number of rotatable bonds is 6. The minimum atomic E-state index is -3.68. The SMILES string of the molecule is CC1NOS(=O)(=O)N1CCCC[C@H](N)C(=O)O. The van der Waals surface area contributed by atoms with Gasteiger partial charge in [-0.2, -0.15) is 22.5 Å². The van der Waals surface area contributed by atoms with Crippen LogP contribution >= 0.6 is 0 Å². The van der Waals surface area contributed by atoms with Crippen molar-refractivity contribution in [2.24, 2.45) is 5.73 Å². The summed E-state index contributed by atoms with van der Waals surface area (Å²) in [6, 6.07) is -0.892. The maximum Gasteiger partial charge on any atom is 0.356 e. The minimum absolute atomic E-state index is 0.281. The molecule has 1 rings (SSSR count). The first-order valence-electron chi connectivity index (χ1n) is 5.29. The molecule has 1 heterocycles. The number of nitrogens with two attached hydrogens (primary N) is 1. The quantitative estimate of drug-likeness (QED) is 0.527. The molecule has 0 bridgehead atoms. The smallest absolute Gasteiger partial charge is 0.356 e. The summed E-state index contributed by atoms with van der Waals surface area (Å²) in [6.07, 6.45) is 1.00. The summed E-state index contributed by atoms with van der Waals surface area (Å²) in [5, 5.41) is 8.56. The number of hydroxylamine groups is 1. The van der Waals surface area contributed by atoms with Crippen LogP contribution in [0.3, 0.4) is 0 Å². The molecular formula is C8H17N3O5S. The van der Waals surface area contributed by atoms with Gasteiger partial charge in [0, 0.05) is 6.54 Å². The molecule has 1 aliphatic rings. The Balaban J connectivity index is 2.29. The lowest BCUT2D eigenvalue weighted by Crippen LogP contribution is -2.35. The van der Waals surface area contributed by atoms with Gasteiger partial charge in [0.05, 0.1) is 6.17 Å². The Morgan fingerprint density at radius 3 is 2.71 bits per heavy atom. The molecule has 100 valence electrons. The molecule has 4 N–H and O–H groups in total. The number of unbranched alkanes of at least 4 members (excludes halogenated alkanes) is 1. The second-order valence-electron chi connectivity index (χ2n) is 3.89. The highest BCUT2D eigenvalue weighted by Gasteiger charge is 2.35. The predicted octanol–water partition coefficient (Wildman–Crippen LogP) is -1.00. The first-order valence-corrected chi connectivity index (χ1v) is 6.65. The zero-order valence-electron chi connectivity index (χ0n) is 9.50. The topological polar surface area (TPSA) is 122 Å². The van der Waals surface area contributed by atoms with E-state index in [1.807, 2.05) is 0 Å². The van der Waals surface area contributed by atoms with E-state index in [0.717, 1.165) is 0 Å². The summed E-state index contributed by atoms with van der Waals surface area (Å²) in [5.74, 6) is -1.04. The van der Waals surface area contributed by atoms with E-state index in [0.29, 0.717) is 19.3 Å². The number of carbonyl (C=O) groups is 1. The van der Waals surface area contributed by atoms with Gasteiger partial charge < -0.3 is 10.8 Å². The van der Waals surface area contributed by atoms with Crippen molar-refractivity contribution in [2.45, 2.75) is 38.4 Å². The molecule has 2 atom stereocenters. The minimum Gasteiger partial charge on any atom is -0.480 e. The Hall–Kier alpha value is -0.740. The molecule has 1 aliphatic heterocycles. The van der Waals surface area contributed by atoms with Crippen molar-refractivity contribution >= 4 is 16.3 Å². The third-order valence-electron chi connectivity index (χ3n) is 2.50. The van der Waals surface area contributed by atoms with Gasteiger partial charge in [-0.05, 0) is 26.2 Å². The normalized spacial score (nSPS) is 25.9. The molecule has 1 fully saturated rings. The Bertz CT molecular complexity index is 371. The summed E-state index contributed by atoms with van der Waals surface area (Å²) >= 11 is 0. The van der Waals surface area contributed by atoms with Gasteiger partial charge in [0.15, 0.2) is 0 Å². The average Bonchev–Trinajstić information content (AvgIpc) is 2.49. The number of carboxylic acids is 1. The highest BCUT2D eigenvalue weighted by Crippen LogP contribution is 2.15. The summed E-state index contributed by atoms with van der Waals surface area (Å²) < 4.78 is 28.3. The zero-order valence-corrected chi connectivity index (χ0v) is 10.3. The summed E-state index contributed by atoms with van der Waals surface area (Å²) in [4.78, 5) is 10.4. The number of carboxylic acid groups (broad SMARTS) is 1. The van der Waals surface area contributed by atoms with E-state index in [1.54, 1.807) is 6.92 Å². The standard InChI is InChI=1S/C8H17N3O5S/c1-6-10-16-17(14,15)11(6)5-3-2-4-7(9)8(12)13/h6-7,10H,2-5,9H2,1H3,(H,12,13)/t6?,7-/m0/s1. The van der Waals surface area contributed by atoms with Gasteiger partial charge in [-0.1, -0.05) is 0 Å². The highest BCUT2D eigenvalue weighted by atomic mass is 32.2. The maximum absolute atomic E-state index is 11.3. The lowest BCUT2D eigenvalue weighted by atomic mass is 10.1. The molecule has 0 aliphatic carbocycles. The van der Waals surface area contributed by atoms with Gasteiger partial charge in [-0.25, -0.2) is 0 Å². The molecule has 0 spiro atoms. The van der Waals surface area contributed by atoms with E-state index >= 15 is 0 Å². The fourth-order valence-electron chi connectivity index (χ4n) is 1.49. The third kappa shape index (κ3) is 3.89. The Morgan fingerprint density at radius 1 is 1.59 bits per heavy atom. The monoisotopic (exact) mass is 267 g/mol. The molecule has 9 heteroatoms. The average molecular weight is 267 g/mol. The fraction of sp³-hybridized carbons (Fsp3) is 0.875. The predicted molar refractivity (Wildman–Crippen MR) is 58.8 cm³/mol. The Kier molecular flexibility index (Phi) is 4.83. The molecule has 17 heavy (non-hydrogen) atoms. The van der Waals surface area contributed by atoms with E-state index in [9.17, 15) is 13.2 Å². The van der Waals surface area contributed by atoms with Crippen molar-refractivity contribution in [3.8, 4) is 0 Å². The molecule has 0 aromatic rings. The van der Waals surface area contributed by atoms with Crippen LogP contribution in [-0.2, 0) is 19.4 Å². The van der Waals surface area contributed by atoms with E-state index in [2.05, 4.69) is 9.76 Å².